The Morgan fingerprint density at radius 2 is 2.27 bits per heavy atom. The second-order valence-electron chi connectivity index (χ2n) is 2.75. The number of carbonyl (C=O) groups excluding carboxylic acids is 1. The highest BCUT2D eigenvalue weighted by molar-refractivity contribution is 5.87. The van der Waals surface area contributed by atoms with Crippen LogP contribution in [0.2, 0.25) is 0 Å². The molecule has 0 rings (SSSR count). The monoisotopic (exact) mass is 157 g/mol. The van der Waals surface area contributed by atoms with Crippen LogP contribution in [0.4, 0.5) is 0 Å². The lowest BCUT2D eigenvalue weighted by atomic mass is 10.1. The first-order valence-corrected chi connectivity index (χ1v) is 3.65. The van der Waals surface area contributed by atoms with Crippen molar-refractivity contribution in [2.75, 3.05) is 6.61 Å². The standard InChI is InChI=1S/C8H15NO2/c1-4-8(11)9-7(5-10)6(2)3/h4,6-7,10H,1,5H2,2-3H3,(H,9,11)/t7-/m1/s1. The molecule has 0 aliphatic heterocycles. The summed E-state index contributed by atoms with van der Waals surface area (Å²) < 4.78 is 0. The molecule has 0 spiro atoms. The lowest BCUT2D eigenvalue weighted by Crippen LogP contribution is -2.40. The maximum absolute atomic E-state index is 10.7. The summed E-state index contributed by atoms with van der Waals surface area (Å²) in [6.45, 7) is 7.15. The van der Waals surface area contributed by atoms with Crippen LogP contribution >= 0.6 is 0 Å². The van der Waals surface area contributed by atoms with Crippen LogP contribution in [0.15, 0.2) is 12.7 Å². The molecule has 0 aliphatic carbocycles. The predicted octanol–water partition coefficient (Wildman–Crippen LogP) is 0.305. The first-order chi connectivity index (χ1) is 5.11. The average molecular weight is 157 g/mol. The van der Waals surface area contributed by atoms with Crippen molar-refractivity contribution < 1.29 is 9.90 Å². The number of hydrogen-bond acceptors (Lipinski definition) is 2. The van der Waals surface area contributed by atoms with E-state index in [1.807, 2.05) is 13.8 Å². The van der Waals surface area contributed by atoms with Gasteiger partial charge >= 0.3 is 0 Å². The summed E-state index contributed by atoms with van der Waals surface area (Å²) in [6.07, 6.45) is 1.20. The Kier molecular flexibility index (Phi) is 4.54. The summed E-state index contributed by atoms with van der Waals surface area (Å²) in [6, 6.07) is -0.166. The quantitative estimate of drug-likeness (QED) is 0.577. The maximum atomic E-state index is 10.7. The zero-order valence-electron chi connectivity index (χ0n) is 7.00. The van der Waals surface area contributed by atoms with Crippen LogP contribution in [-0.2, 0) is 4.79 Å². The molecule has 0 aliphatic rings. The minimum atomic E-state index is -0.238. The van der Waals surface area contributed by atoms with Gasteiger partial charge in [-0.05, 0) is 12.0 Å². The Balaban J connectivity index is 3.87. The van der Waals surface area contributed by atoms with Gasteiger partial charge < -0.3 is 10.4 Å². The number of aliphatic hydroxyl groups is 1. The van der Waals surface area contributed by atoms with Gasteiger partial charge in [-0.25, -0.2) is 0 Å². The molecular weight excluding hydrogens is 142 g/mol. The van der Waals surface area contributed by atoms with Gasteiger partial charge in [0, 0.05) is 0 Å². The first-order valence-electron chi connectivity index (χ1n) is 3.65. The average Bonchev–Trinajstić information content (AvgIpc) is 1.99. The van der Waals surface area contributed by atoms with Gasteiger partial charge in [-0.3, -0.25) is 4.79 Å². The zero-order chi connectivity index (χ0) is 8.85. The van der Waals surface area contributed by atoms with Crippen LogP contribution in [0, 0.1) is 5.92 Å². The van der Waals surface area contributed by atoms with E-state index < -0.39 is 0 Å². The fourth-order valence-electron chi connectivity index (χ4n) is 0.665. The Bertz CT molecular complexity index is 143. The summed E-state index contributed by atoms with van der Waals surface area (Å²) >= 11 is 0. The molecule has 0 aromatic heterocycles. The first kappa shape index (κ1) is 10.2. The molecule has 0 unspecified atom stereocenters. The summed E-state index contributed by atoms with van der Waals surface area (Å²) in [5, 5.41) is 11.4. The van der Waals surface area contributed by atoms with Crippen LogP contribution in [-0.4, -0.2) is 23.7 Å². The molecule has 11 heavy (non-hydrogen) atoms. The van der Waals surface area contributed by atoms with Gasteiger partial charge in [-0.1, -0.05) is 20.4 Å². The largest absolute Gasteiger partial charge is 0.394 e. The highest BCUT2D eigenvalue weighted by atomic mass is 16.3. The Morgan fingerprint density at radius 3 is 2.55 bits per heavy atom. The van der Waals surface area contributed by atoms with Crippen molar-refractivity contribution >= 4 is 5.91 Å². The van der Waals surface area contributed by atoms with Gasteiger partial charge in [0.25, 0.3) is 0 Å². The number of rotatable bonds is 4. The molecule has 64 valence electrons. The van der Waals surface area contributed by atoms with Crippen molar-refractivity contribution in [2.24, 2.45) is 5.92 Å². The SMILES string of the molecule is C=CC(=O)N[C@H](CO)C(C)C. The third-order valence-corrected chi connectivity index (χ3v) is 1.51. The third kappa shape index (κ3) is 3.78. The molecule has 0 bridgehead atoms. The zero-order valence-corrected chi connectivity index (χ0v) is 7.00. The Hall–Kier alpha value is -0.830. The molecule has 3 nitrogen and oxygen atoms in total. The third-order valence-electron chi connectivity index (χ3n) is 1.51. The predicted molar refractivity (Wildman–Crippen MR) is 44.1 cm³/mol. The van der Waals surface area contributed by atoms with E-state index in [1.54, 1.807) is 0 Å². The lowest BCUT2D eigenvalue weighted by molar-refractivity contribution is -0.117. The van der Waals surface area contributed by atoms with E-state index in [1.165, 1.54) is 6.08 Å². The molecular formula is C8H15NO2. The molecule has 0 heterocycles. The van der Waals surface area contributed by atoms with E-state index in [0.717, 1.165) is 0 Å². The van der Waals surface area contributed by atoms with E-state index >= 15 is 0 Å². The summed E-state index contributed by atoms with van der Waals surface area (Å²) in [4.78, 5) is 10.7. The van der Waals surface area contributed by atoms with Crippen molar-refractivity contribution in [1.29, 1.82) is 0 Å². The van der Waals surface area contributed by atoms with Gasteiger partial charge in [0.05, 0.1) is 12.6 Å². The van der Waals surface area contributed by atoms with E-state index in [-0.39, 0.29) is 24.5 Å². The molecule has 0 saturated carbocycles. The second-order valence-corrected chi connectivity index (χ2v) is 2.75. The van der Waals surface area contributed by atoms with Gasteiger partial charge in [0.15, 0.2) is 0 Å². The molecule has 3 heteroatoms. The Labute approximate surface area is 67.1 Å². The number of nitrogens with one attached hydrogen (secondary N) is 1. The van der Waals surface area contributed by atoms with Crippen molar-refractivity contribution in [1.82, 2.24) is 5.32 Å². The molecule has 0 saturated heterocycles. The summed E-state index contributed by atoms with van der Waals surface area (Å²) in [5.41, 5.74) is 0. The van der Waals surface area contributed by atoms with Crippen LogP contribution < -0.4 is 5.32 Å². The van der Waals surface area contributed by atoms with E-state index in [2.05, 4.69) is 11.9 Å². The highest BCUT2D eigenvalue weighted by Crippen LogP contribution is 1.99. The van der Waals surface area contributed by atoms with Crippen molar-refractivity contribution in [3.63, 3.8) is 0 Å². The van der Waals surface area contributed by atoms with Gasteiger partial charge in [-0.2, -0.15) is 0 Å². The van der Waals surface area contributed by atoms with Crippen LogP contribution in [0.3, 0.4) is 0 Å². The Morgan fingerprint density at radius 1 is 1.73 bits per heavy atom. The van der Waals surface area contributed by atoms with Crippen molar-refractivity contribution in [3.05, 3.63) is 12.7 Å². The van der Waals surface area contributed by atoms with E-state index in [4.69, 9.17) is 5.11 Å². The second kappa shape index (κ2) is 4.91. The van der Waals surface area contributed by atoms with Crippen molar-refractivity contribution in [3.8, 4) is 0 Å². The van der Waals surface area contributed by atoms with Gasteiger partial charge in [0.1, 0.15) is 0 Å². The minimum Gasteiger partial charge on any atom is -0.394 e. The summed E-state index contributed by atoms with van der Waals surface area (Å²) in [7, 11) is 0. The normalized spacial score (nSPS) is 12.7. The van der Waals surface area contributed by atoms with Crippen LogP contribution in [0.25, 0.3) is 0 Å². The van der Waals surface area contributed by atoms with Crippen molar-refractivity contribution in [2.45, 2.75) is 19.9 Å². The molecule has 0 fully saturated rings. The molecule has 1 atom stereocenters. The van der Waals surface area contributed by atoms with Gasteiger partial charge in [-0.15, -0.1) is 0 Å². The number of amides is 1. The topological polar surface area (TPSA) is 49.3 Å². The van der Waals surface area contributed by atoms with Crippen LogP contribution in [0.5, 0.6) is 0 Å². The lowest BCUT2D eigenvalue weighted by Gasteiger charge is -2.18. The number of carbonyl (C=O) groups is 1. The summed E-state index contributed by atoms with van der Waals surface area (Å²) in [5.74, 6) is 0.00153. The van der Waals surface area contributed by atoms with E-state index in [9.17, 15) is 4.79 Å². The minimum absolute atomic E-state index is 0.0305. The molecule has 0 aromatic rings. The number of aliphatic hydroxyl groups excluding tert-OH is 1. The molecule has 0 radical (unpaired) electrons. The molecule has 1 amide bonds. The van der Waals surface area contributed by atoms with Gasteiger partial charge in [0.2, 0.25) is 5.91 Å². The van der Waals surface area contributed by atoms with Crippen LogP contribution in [0.1, 0.15) is 13.8 Å². The van der Waals surface area contributed by atoms with E-state index in [0.29, 0.717) is 0 Å². The molecule has 0 aromatic carbocycles. The molecule has 2 N–H and O–H groups in total. The highest BCUT2D eigenvalue weighted by Gasteiger charge is 2.12. The fraction of sp³-hybridized carbons (Fsp3) is 0.625. The maximum Gasteiger partial charge on any atom is 0.243 e. The smallest absolute Gasteiger partial charge is 0.243 e. The number of hydrogen-bond donors (Lipinski definition) is 2. The fourth-order valence-corrected chi connectivity index (χ4v) is 0.665.